The van der Waals surface area contributed by atoms with E-state index in [4.69, 9.17) is 0 Å². The number of carbonyl (C=O) groups excluding carboxylic acids is 1. The molecule has 0 radical (unpaired) electrons. The number of nitrogens with one attached hydrogen (secondary N) is 1. The third-order valence-electron chi connectivity index (χ3n) is 3.71. The summed E-state index contributed by atoms with van der Waals surface area (Å²) in [5, 5.41) is 22.0. The molecule has 2 amide bonds. The highest BCUT2D eigenvalue weighted by atomic mass is 32.1. The summed E-state index contributed by atoms with van der Waals surface area (Å²) in [6, 6.07) is -0.193. The van der Waals surface area contributed by atoms with Gasteiger partial charge >= 0.3 is 6.03 Å². The van der Waals surface area contributed by atoms with Gasteiger partial charge in [0.15, 0.2) is 0 Å². The average molecular weight is 298 g/mol. The van der Waals surface area contributed by atoms with Crippen molar-refractivity contribution in [3.05, 3.63) is 5.01 Å². The third-order valence-corrected chi connectivity index (χ3v) is 4.69. The number of hydrogen-bond donors (Lipinski definition) is 2. The molecule has 0 spiro atoms. The quantitative estimate of drug-likeness (QED) is 0.892. The average Bonchev–Trinajstić information content (AvgIpc) is 2.89. The van der Waals surface area contributed by atoms with Gasteiger partial charge in [-0.3, -0.25) is 5.32 Å². The molecule has 1 fully saturated rings. The first kappa shape index (κ1) is 15.2. The van der Waals surface area contributed by atoms with E-state index < -0.39 is 0 Å². The van der Waals surface area contributed by atoms with E-state index in [-0.39, 0.29) is 18.1 Å². The number of aliphatic hydroxyl groups excluding tert-OH is 1. The van der Waals surface area contributed by atoms with Crippen LogP contribution < -0.4 is 5.32 Å². The molecule has 0 aliphatic heterocycles. The van der Waals surface area contributed by atoms with Crippen molar-refractivity contribution in [1.29, 1.82) is 0 Å². The summed E-state index contributed by atoms with van der Waals surface area (Å²) in [6.45, 7) is 2.58. The van der Waals surface area contributed by atoms with Crippen LogP contribution in [0, 0.1) is 5.92 Å². The Bertz CT molecular complexity index is 451. The van der Waals surface area contributed by atoms with E-state index in [0.29, 0.717) is 11.7 Å². The maximum Gasteiger partial charge on any atom is 0.323 e. The van der Waals surface area contributed by atoms with E-state index in [9.17, 15) is 9.90 Å². The number of aliphatic hydroxyl groups is 1. The fraction of sp³-hybridized carbons (Fsp3) is 0.769. The summed E-state index contributed by atoms with van der Waals surface area (Å²) < 4.78 is 0. The lowest BCUT2D eigenvalue weighted by Crippen LogP contribution is -2.40. The summed E-state index contributed by atoms with van der Waals surface area (Å²) in [7, 11) is 1.75. The Balaban J connectivity index is 1.85. The van der Waals surface area contributed by atoms with Gasteiger partial charge in [0, 0.05) is 19.5 Å². The van der Waals surface area contributed by atoms with Crippen molar-refractivity contribution in [2.24, 2.45) is 5.92 Å². The van der Waals surface area contributed by atoms with Crippen molar-refractivity contribution < 1.29 is 9.90 Å². The molecule has 1 aliphatic rings. The molecule has 2 rings (SSSR count). The van der Waals surface area contributed by atoms with Crippen LogP contribution in [0.15, 0.2) is 0 Å². The minimum atomic E-state index is -0.285. The van der Waals surface area contributed by atoms with Crippen LogP contribution in [-0.4, -0.2) is 45.9 Å². The van der Waals surface area contributed by atoms with E-state index in [1.54, 1.807) is 11.9 Å². The van der Waals surface area contributed by atoms with Crippen LogP contribution in [0.4, 0.5) is 9.93 Å². The minimum absolute atomic E-state index is 0.181. The van der Waals surface area contributed by atoms with E-state index in [2.05, 4.69) is 15.5 Å². The lowest BCUT2D eigenvalue weighted by atomic mass is 9.86. The lowest BCUT2D eigenvalue weighted by Gasteiger charge is -2.31. The topological polar surface area (TPSA) is 78.4 Å². The van der Waals surface area contributed by atoms with E-state index >= 15 is 0 Å². The van der Waals surface area contributed by atoms with Gasteiger partial charge in [-0.15, -0.1) is 10.2 Å². The Morgan fingerprint density at radius 3 is 2.85 bits per heavy atom. The molecule has 2 atom stereocenters. The Labute approximate surface area is 123 Å². The number of amides is 2. The van der Waals surface area contributed by atoms with Crippen LogP contribution in [0.5, 0.6) is 0 Å². The van der Waals surface area contributed by atoms with Crippen LogP contribution in [0.25, 0.3) is 0 Å². The van der Waals surface area contributed by atoms with Gasteiger partial charge < -0.3 is 10.0 Å². The van der Waals surface area contributed by atoms with Crippen molar-refractivity contribution >= 4 is 22.5 Å². The molecule has 20 heavy (non-hydrogen) atoms. The Hall–Kier alpha value is -1.21. The van der Waals surface area contributed by atoms with Crippen molar-refractivity contribution in [2.75, 3.05) is 18.9 Å². The van der Waals surface area contributed by atoms with Crippen LogP contribution in [0.3, 0.4) is 0 Å². The zero-order chi connectivity index (χ0) is 14.5. The number of urea groups is 1. The Kier molecular flexibility index (Phi) is 5.31. The zero-order valence-electron chi connectivity index (χ0n) is 12.0. The largest absolute Gasteiger partial charge is 0.393 e. The Morgan fingerprint density at radius 1 is 1.45 bits per heavy atom. The van der Waals surface area contributed by atoms with Crippen LogP contribution in [-0.2, 0) is 6.42 Å². The highest BCUT2D eigenvalue weighted by molar-refractivity contribution is 7.15. The molecule has 1 aromatic heterocycles. The number of rotatable bonds is 4. The second-order valence-corrected chi connectivity index (χ2v) is 6.34. The van der Waals surface area contributed by atoms with Crippen molar-refractivity contribution in [2.45, 2.75) is 45.1 Å². The normalized spacial score (nSPS) is 22.6. The molecular formula is C13H22N4O2S. The molecule has 112 valence electrons. The third kappa shape index (κ3) is 3.89. The molecule has 1 saturated carbocycles. The second kappa shape index (κ2) is 6.99. The monoisotopic (exact) mass is 298 g/mol. The summed E-state index contributed by atoms with van der Waals surface area (Å²) in [6.07, 6.45) is 4.57. The molecule has 1 aromatic rings. The number of nitrogens with zero attached hydrogens (tertiary/aromatic N) is 3. The number of aromatic nitrogens is 2. The molecule has 2 N–H and O–H groups in total. The number of aryl methyl sites for hydroxylation is 1. The zero-order valence-corrected chi connectivity index (χ0v) is 12.8. The second-order valence-electron chi connectivity index (χ2n) is 5.28. The highest BCUT2D eigenvalue weighted by Gasteiger charge is 2.25. The van der Waals surface area contributed by atoms with Gasteiger partial charge in [-0.2, -0.15) is 0 Å². The maximum absolute atomic E-state index is 12.1. The van der Waals surface area contributed by atoms with Gasteiger partial charge in [0.25, 0.3) is 0 Å². The molecule has 6 nitrogen and oxygen atoms in total. The Morgan fingerprint density at radius 2 is 2.20 bits per heavy atom. The SMILES string of the molecule is CCc1nnc(NC(=O)N(C)CC2CCCCC2O)s1. The molecule has 1 aliphatic carbocycles. The molecule has 2 unspecified atom stereocenters. The molecule has 1 heterocycles. The number of carbonyl (C=O) groups is 1. The van der Waals surface area contributed by atoms with E-state index in [0.717, 1.165) is 37.1 Å². The maximum atomic E-state index is 12.1. The van der Waals surface area contributed by atoms with Gasteiger partial charge in [0.05, 0.1) is 6.10 Å². The van der Waals surface area contributed by atoms with Gasteiger partial charge in [0.2, 0.25) is 5.13 Å². The highest BCUT2D eigenvalue weighted by Crippen LogP contribution is 2.25. The van der Waals surface area contributed by atoms with Gasteiger partial charge in [0.1, 0.15) is 5.01 Å². The van der Waals surface area contributed by atoms with Gasteiger partial charge in [-0.1, -0.05) is 31.1 Å². The van der Waals surface area contributed by atoms with Crippen molar-refractivity contribution in [3.8, 4) is 0 Å². The summed E-state index contributed by atoms with van der Waals surface area (Å²) >= 11 is 1.40. The first-order chi connectivity index (χ1) is 9.60. The van der Waals surface area contributed by atoms with Crippen LogP contribution >= 0.6 is 11.3 Å². The first-order valence-electron chi connectivity index (χ1n) is 7.12. The smallest absolute Gasteiger partial charge is 0.323 e. The van der Waals surface area contributed by atoms with Gasteiger partial charge in [-0.05, 0) is 19.3 Å². The van der Waals surface area contributed by atoms with Gasteiger partial charge in [-0.25, -0.2) is 4.79 Å². The lowest BCUT2D eigenvalue weighted by molar-refractivity contribution is 0.0575. The summed E-state index contributed by atoms with van der Waals surface area (Å²) in [5.41, 5.74) is 0. The summed E-state index contributed by atoms with van der Waals surface area (Å²) in [5.74, 6) is 0.181. The predicted molar refractivity (Wildman–Crippen MR) is 78.9 cm³/mol. The van der Waals surface area contributed by atoms with Crippen molar-refractivity contribution in [1.82, 2.24) is 15.1 Å². The van der Waals surface area contributed by atoms with Crippen molar-refractivity contribution in [3.63, 3.8) is 0 Å². The number of anilines is 1. The molecule has 0 aromatic carbocycles. The first-order valence-corrected chi connectivity index (χ1v) is 7.94. The van der Waals surface area contributed by atoms with Crippen LogP contribution in [0.2, 0.25) is 0 Å². The summed E-state index contributed by atoms with van der Waals surface area (Å²) in [4.78, 5) is 13.7. The molecular weight excluding hydrogens is 276 g/mol. The fourth-order valence-electron chi connectivity index (χ4n) is 2.47. The molecule has 0 saturated heterocycles. The fourth-order valence-corrected chi connectivity index (χ4v) is 3.14. The predicted octanol–water partition coefficient (Wildman–Crippen LogP) is 2.12. The molecule has 7 heteroatoms. The minimum Gasteiger partial charge on any atom is -0.393 e. The number of hydrogen-bond acceptors (Lipinski definition) is 5. The van der Waals surface area contributed by atoms with Crippen LogP contribution in [0.1, 0.15) is 37.6 Å². The van der Waals surface area contributed by atoms with E-state index in [1.165, 1.54) is 11.3 Å². The molecule has 0 bridgehead atoms. The standard InChI is InChI=1S/C13H22N4O2S/c1-3-11-15-16-12(20-11)14-13(19)17(2)8-9-6-4-5-7-10(9)18/h9-10,18H,3-8H2,1-2H3,(H,14,16,19). The van der Waals surface area contributed by atoms with E-state index in [1.807, 2.05) is 6.92 Å².